The Bertz CT molecular complexity index is 1170. The van der Waals surface area contributed by atoms with E-state index in [0.29, 0.717) is 29.7 Å². The Balaban J connectivity index is 1.96. The summed E-state index contributed by atoms with van der Waals surface area (Å²) in [7, 11) is 0. The van der Waals surface area contributed by atoms with Gasteiger partial charge in [-0.2, -0.15) is 0 Å². The van der Waals surface area contributed by atoms with Crippen molar-refractivity contribution in [2.45, 2.75) is 83.5 Å². The van der Waals surface area contributed by atoms with Gasteiger partial charge >= 0.3 is 11.8 Å². The summed E-state index contributed by atoms with van der Waals surface area (Å²) in [6, 6.07) is 10.6. The monoisotopic (exact) mass is 478 g/mol. The fourth-order valence-electron chi connectivity index (χ4n) is 5.02. The molecule has 0 saturated heterocycles. The van der Waals surface area contributed by atoms with Crippen LogP contribution in [0.2, 0.25) is 0 Å². The van der Waals surface area contributed by atoms with Crippen LogP contribution in [0.3, 0.4) is 0 Å². The van der Waals surface area contributed by atoms with Crippen LogP contribution in [0.1, 0.15) is 99.2 Å². The molecule has 0 aromatic heterocycles. The molecule has 2 aromatic rings. The van der Waals surface area contributed by atoms with Crippen LogP contribution >= 0.6 is 0 Å². The second-order valence-electron chi connectivity index (χ2n) is 9.71. The van der Waals surface area contributed by atoms with Crippen LogP contribution in [-0.2, 0) is 25.7 Å². The molecule has 0 spiro atoms. The number of Topliss-reactive ketones (excluding diaryl/α,β-unsaturated/α-hetero) is 1. The van der Waals surface area contributed by atoms with Gasteiger partial charge in [0.05, 0.1) is 11.1 Å². The maximum Gasteiger partial charge on any atom is 0.317 e. The molecule has 0 bridgehead atoms. The van der Waals surface area contributed by atoms with E-state index in [1.807, 2.05) is 26.0 Å². The number of benzene rings is 2. The van der Waals surface area contributed by atoms with Gasteiger partial charge in [0.25, 0.3) is 0 Å². The second kappa shape index (κ2) is 9.36. The summed E-state index contributed by atoms with van der Waals surface area (Å²) in [5, 5.41) is 2.97. The summed E-state index contributed by atoms with van der Waals surface area (Å²) >= 11 is 0. The number of nitrogens with one attached hydrogen (secondary N) is 1. The number of fused-ring (bicyclic) bond motifs is 5. The number of hydrogen-bond acceptors (Lipinski definition) is 6. The molecule has 1 amide bonds. The molecule has 0 fully saturated rings. The number of nitrogens with two attached hydrogens (primary N) is 1. The van der Waals surface area contributed by atoms with E-state index < -0.39 is 23.1 Å². The molecule has 0 radical (unpaired) electrons. The molecule has 2 aliphatic rings. The van der Waals surface area contributed by atoms with Crippen molar-refractivity contribution in [1.29, 1.82) is 0 Å². The van der Waals surface area contributed by atoms with Crippen LogP contribution in [-0.4, -0.2) is 17.7 Å². The lowest BCUT2D eigenvalue weighted by Crippen LogP contribution is -2.61. The average molecular weight is 479 g/mol. The van der Waals surface area contributed by atoms with Crippen molar-refractivity contribution in [3.05, 3.63) is 58.7 Å². The highest BCUT2D eigenvalue weighted by molar-refractivity contribution is 6.15. The van der Waals surface area contributed by atoms with Crippen LogP contribution in [0.4, 0.5) is 5.69 Å². The minimum atomic E-state index is -1.88. The Morgan fingerprint density at radius 2 is 1.77 bits per heavy atom. The molecule has 1 aliphatic heterocycles. The zero-order chi connectivity index (χ0) is 25.4. The summed E-state index contributed by atoms with van der Waals surface area (Å²) in [5.74, 6) is -2.50. The first-order chi connectivity index (χ1) is 16.7. The van der Waals surface area contributed by atoms with E-state index in [4.69, 9.17) is 15.2 Å². The summed E-state index contributed by atoms with van der Waals surface area (Å²) < 4.78 is 12.6. The van der Waals surface area contributed by atoms with Gasteiger partial charge in [-0.25, -0.2) is 0 Å². The van der Waals surface area contributed by atoms with E-state index in [1.165, 1.54) is 0 Å². The number of rotatable bonds is 9. The van der Waals surface area contributed by atoms with Gasteiger partial charge in [0.15, 0.2) is 0 Å². The number of nitrogen functional groups attached to an aromatic ring is 1. The highest BCUT2D eigenvalue weighted by Crippen LogP contribution is 2.61. The van der Waals surface area contributed by atoms with Crippen molar-refractivity contribution in [3.63, 3.8) is 0 Å². The van der Waals surface area contributed by atoms with E-state index in [9.17, 15) is 14.4 Å². The lowest BCUT2D eigenvalue weighted by Gasteiger charge is -2.37. The SMILES string of the molecule is CCCCC(=O)NC12C(=O)c3c(N)cccc3C1(OC(=O)CCCC)Oc1cc(C(C)C)ccc12. The van der Waals surface area contributed by atoms with Gasteiger partial charge in [-0.15, -0.1) is 0 Å². The number of carbonyl (C=O) groups is 3. The molecule has 2 atom stereocenters. The Morgan fingerprint density at radius 1 is 1.06 bits per heavy atom. The molecule has 1 heterocycles. The van der Waals surface area contributed by atoms with Crippen LogP contribution in [0.25, 0.3) is 0 Å². The third-order valence-electron chi connectivity index (χ3n) is 6.92. The molecule has 1 aliphatic carbocycles. The van der Waals surface area contributed by atoms with E-state index in [2.05, 4.69) is 19.2 Å². The lowest BCUT2D eigenvalue weighted by atomic mass is 9.81. The Hall–Kier alpha value is -3.35. The highest BCUT2D eigenvalue weighted by Gasteiger charge is 2.75. The van der Waals surface area contributed by atoms with Crippen LogP contribution in [0.15, 0.2) is 36.4 Å². The number of anilines is 1. The first-order valence-electron chi connectivity index (χ1n) is 12.5. The fourth-order valence-corrected chi connectivity index (χ4v) is 5.02. The molecule has 4 rings (SSSR count). The molecular formula is C28H34N2O5. The number of hydrogen-bond donors (Lipinski definition) is 2. The smallest absolute Gasteiger partial charge is 0.317 e. The quantitative estimate of drug-likeness (QED) is 0.385. The largest absolute Gasteiger partial charge is 0.445 e. The van der Waals surface area contributed by atoms with E-state index >= 15 is 0 Å². The van der Waals surface area contributed by atoms with Crippen LogP contribution in [0, 0.1) is 0 Å². The summed E-state index contributed by atoms with van der Waals surface area (Å²) in [6.45, 7) is 8.08. The summed E-state index contributed by atoms with van der Waals surface area (Å²) in [6.07, 6.45) is 3.32. The van der Waals surface area contributed by atoms with Crippen molar-refractivity contribution < 1.29 is 23.9 Å². The normalized spacial score (nSPS) is 21.8. The minimum Gasteiger partial charge on any atom is -0.445 e. The van der Waals surface area contributed by atoms with Gasteiger partial charge in [-0.1, -0.05) is 64.8 Å². The molecule has 186 valence electrons. The van der Waals surface area contributed by atoms with Crippen molar-refractivity contribution >= 4 is 23.3 Å². The molecule has 0 saturated carbocycles. The number of ketones is 1. The van der Waals surface area contributed by atoms with Gasteiger partial charge in [-0.3, -0.25) is 14.4 Å². The van der Waals surface area contributed by atoms with Crippen molar-refractivity contribution in [2.24, 2.45) is 0 Å². The van der Waals surface area contributed by atoms with E-state index in [-0.39, 0.29) is 35.9 Å². The maximum atomic E-state index is 14.2. The zero-order valence-corrected chi connectivity index (χ0v) is 20.9. The van der Waals surface area contributed by atoms with Gasteiger partial charge in [-0.05, 0) is 36.5 Å². The number of esters is 1. The number of unbranched alkanes of at least 4 members (excludes halogenated alkanes) is 2. The molecule has 3 N–H and O–H groups in total. The minimum absolute atomic E-state index is 0.168. The Labute approximate surface area is 206 Å². The first-order valence-corrected chi connectivity index (χ1v) is 12.5. The van der Waals surface area contributed by atoms with Gasteiger partial charge in [0, 0.05) is 24.1 Å². The number of carbonyl (C=O) groups excluding carboxylic acids is 3. The zero-order valence-electron chi connectivity index (χ0n) is 20.9. The van der Waals surface area contributed by atoms with Crippen molar-refractivity contribution in [2.75, 3.05) is 5.73 Å². The number of ether oxygens (including phenoxy) is 2. The summed E-state index contributed by atoms with van der Waals surface area (Å²) in [4.78, 5) is 40.5. The predicted octanol–water partition coefficient (Wildman–Crippen LogP) is 5.07. The first kappa shape index (κ1) is 24.8. The van der Waals surface area contributed by atoms with Crippen LogP contribution in [0.5, 0.6) is 5.75 Å². The van der Waals surface area contributed by atoms with E-state index in [1.54, 1.807) is 24.3 Å². The maximum absolute atomic E-state index is 14.2. The lowest BCUT2D eigenvalue weighted by molar-refractivity contribution is -0.216. The molecule has 7 nitrogen and oxygen atoms in total. The van der Waals surface area contributed by atoms with Crippen molar-refractivity contribution in [1.82, 2.24) is 5.32 Å². The molecule has 35 heavy (non-hydrogen) atoms. The summed E-state index contributed by atoms with van der Waals surface area (Å²) in [5.41, 5.74) is 6.78. The molecule has 2 aromatic carbocycles. The average Bonchev–Trinajstić information content (AvgIpc) is 3.20. The molecule has 7 heteroatoms. The third-order valence-corrected chi connectivity index (χ3v) is 6.92. The topological polar surface area (TPSA) is 108 Å². The van der Waals surface area contributed by atoms with Gasteiger partial charge in [0.1, 0.15) is 5.75 Å². The predicted molar refractivity (Wildman–Crippen MR) is 133 cm³/mol. The molecule has 2 unspecified atom stereocenters. The van der Waals surface area contributed by atoms with E-state index in [0.717, 1.165) is 18.4 Å². The van der Waals surface area contributed by atoms with Gasteiger partial charge < -0.3 is 20.5 Å². The Morgan fingerprint density at radius 3 is 2.46 bits per heavy atom. The Kier molecular flexibility index (Phi) is 6.62. The molecular weight excluding hydrogens is 444 g/mol. The standard InChI is InChI=1S/C28H34N2O5/c1-5-7-12-23(31)30-27-19-15-14-18(17(3)4)16-22(19)34-28(27,35-24(32)13-8-6-2)20-10-9-11-21(29)25(20)26(27)33/h9-11,14-17H,5-8,12-13,29H2,1-4H3,(H,30,31). The highest BCUT2D eigenvalue weighted by atomic mass is 16.7. The van der Waals surface area contributed by atoms with Crippen LogP contribution < -0.4 is 15.8 Å². The second-order valence-corrected chi connectivity index (χ2v) is 9.71. The van der Waals surface area contributed by atoms with Crippen molar-refractivity contribution in [3.8, 4) is 5.75 Å². The van der Waals surface area contributed by atoms with Gasteiger partial charge in [0.2, 0.25) is 17.2 Å². The number of amides is 1. The fraction of sp³-hybridized carbons (Fsp3) is 0.464. The third kappa shape index (κ3) is 3.77.